The summed E-state index contributed by atoms with van der Waals surface area (Å²) in [5, 5.41) is 4.83. The summed E-state index contributed by atoms with van der Waals surface area (Å²) in [7, 11) is 0. The van der Waals surface area contributed by atoms with Crippen LogP contribution in [0.1, 0.15) is 58.9 Å². The van der Waals surface area contributed by atoms with Gasteiger partial charge in [0.25, 0.3) is 5.82 Å². The number of fused-ring (bicyclic) bond motifs is 3. The van der Waals surface area contributed by atoms with Crippen LogP contribution in [0.25, 0.3) is 0 Å². The Hall–Kier alpha value is -2.30. The number of aromatic nitrogens is 2. The van der Waals surface area contributed by atoms with Crippen molar-refractivity contribution in [1.29, 1.82) is 0 Å². The number of rotatable bonds is 7. The third-order valence-electron chi connectivity index (χ3n) is 7.81. The molecule has 4 rings (SSSR count). The summed E-state index contributed by atoms with van der Waals surface area (Å²) in [6, 6.07) is 13.5. The summed E-state index contributed by atoms with van der Waals surface area (Å²) >= 11 is 0. The summed E-state index contributed by atoms with van der Waals surface area (Å²) in [4.78, 5) is 5.22. The monoisotopic (exact) mass is 403 g/mol. The Balaban J connectivity index is 1.84. The normalized spacial score (nSPS) is 25.3. The average Bonchev–Trinajstić information content (AvgIpc) is 3.25. The molecular formula is C25H36BN4+. The summed E-state index contributed by atoms with van der Waals surface area (Å²) in [5.74, 6) is 1.21. The predicted octanol–water partition coefficient (Wildman–Crippen LogP) is 5.00. The van der Waals surface area contributed by atoms with Gasteiger partial charge in [0.2, 0.25) is 0 Å². The first-order chi connectivity index (χ1) is 14.6. The van der Waals surface area contributed by atoms with Crippen LogP contribution in [0, 0.1) is 0 Å². The fraction of sp³-hybridized carbons (Fsp3) is 0.520. The van der Waals surface area contributed by atoms with E-state index in [9.17, 15) is 0 Å². The Bertz CT molecular complexity index is 916. The van der Waals surface area contributed by atoms with Gasteiger partial charge in [-0.25, -0.2) is 0 Å². The third kappa shape index (κ3) is 2.89. The summed E-state index contributed by atoms with van der Waals surface area (Å²) in [5.41, 5.74) is 2.58. The van der Waals surface area contributed by atoms with Crippen molar-refractivity contribution < 1.29 is 4.68 Å². The van der Waals surface area contributed by atoms with Gasteiger partial charge in [0.1, 0.15) is 0 Å². The molecule has 0 bridgehead atoms. The van der Waals surface area contributed by atoms with Crippen LogP contribution in [-0.2, 0) is 12.0 Å². The molecule has 1 fully saturated rings. The molecule has 0 saturated carbocycles. The van der Waals surface area contributed by atoms with Crippen molar-refractivity contribution in [2.75, 3.05) is 22.7 Å². The van der Waals surface area contributed by atoms with Crippen molar-refractivity contribution in [2.24, 2.45) is 0 Å². The van der Waals surface area contributed by atoms with Gasteiger partial charge in [-0.1, -0.05) is 57.9 Å². The van der Waals surface area contributed by atoms with Gasteiger partial charge in [0.15, 0.2) is 5.54 Å². The number of hydrogen-bond donors (Lipinski definition) is 0. The van der Waals surface area contributed by atoms with Gasteiger partial charge >= 0.3 is 6.98 Å². The van der Waals surface area contributed by atoms with E-state index in [2.05, 4.69) is 91.1 Å². The molecule has 0 aliphatic carbocycles. The summed E-state index contributed by atoms with van der Waals surface area (Å²) in [6.45, 7) is 16.0. The molecule has 0 N–H and O–H groups in total. The third-order valence-corrected chi connectivity index (χ3v) is 7.81. The first kappa shape index (κ1) is 21.0. The highest BCUT2D eigenvalue weighted by Gasteiger charge is 2.70. The maximum atomic E-state index is 4.85. The second kappa shape index (κ2) is 8.09. The first-order valence-electron chi connectivity index (χ1n) is 11.7. The molecule has 1 aromatic heterocycles. The van der Waals surface area contributed by atoms with Gasteiger partial charge in [0, 0.05) is 18.3 Å². The lowest BCUT2D eigenvalue weighted by atomic mass is 9.39. The number of hydrogen-bond acceptors (Lipinski definition) is 3. The maximum Gasteiger partial charge on any atom is 0.507 e. The largest absolute Gasteiger partial charge is 0.507 e. The average molecular weight is 403 g/mol. The highest BCUT2D eigenvalue weighted by atomic mass is 15.4. The molecule has 5 heteroatoms. The smallest absolute Gasteiger partial charge is 0.370 e. The predicted molar refractivity (Wildman–Crippen MR) is 127 cm³/mol. The number of aryl methyl sites for hydroxylation is 1. The minimum atomic E-state index is -0.220. The Kier molecular flexibility index (Phi) is 5.65. The van der Waals surface area contributed by atoms with Crippen LogP contribution < -0.4 is 14.3 Å². The van der Waals surface area contributed by atoms with Crippen LogP contribution in [0.4, 0.5) is 11.5 Å². The molecule has 1 aromatic carbocycles. The molecule has 4 nitrogen and oxygen atoms in total. The van der Waals surface area contributed by atoms with E-state index in [0.29, 0.717) is 0 Å². The maximum absolute atomic E-state index is 4.85. The van der Waals surface area contributed by atoms with Crippen LogP contribution in [-0.4, -0.2) is 25.2 Å². The van der Waals surface area contributed by atoms with Crippen LogP contribution >= 0.6 is 0 Å². The van der Waals surface area contributed by atoms with E-state index in [-0.39, 0.29) is 17.8 Å². The van der Waals surface area contributed by atoms with Crippen LogP contribution in [0.15, 0.2) is 55.3 Å². The molecule has 2 unspecified atom stereocenters. The summed E-state index contributed by atoms with van der Waals surface area (Å²) in [6.07, 6.45) is 9.75. The molecule has 30 heavy (non-hydrogen) atoms. The lowest BCUT2D eigenvalue weighted by Gasteiger charge is -2.50. The van der Waals surface area contributed by atoms with E-state index in [1.807, 2.05) is 6.20 Å². The lowest BCUT2D eigenvalue weighted by molar-refractivity contribution is -0.801. The number of nitrogens with zero attached hydrogens (tertiary/aromatic N) is 4. The molecule has 0 spiro atoms. The Labute approximate surface area is 182 Å². The van der Waals surface area contributed by atoms with Crippen LogP contribution in [0.3, 0.4) is 0 Å². The Morgan fingerprint density at radius 3 is 2.63 bits per heavy atom. The van der Waals surface area contributed by atoms with Crippen molar-refractivity contribution >= 4 is 18.5 Å². The number of anilines is 2. The molecular weight excluding hydrogens is 367 g/mol. The number of benzene rings is 1. The Morgan fingerprint density at radius 2 is 1.93 bits per heavy atom. The van der Waals surface area contributed by atoms with Gasteiger partial charge in [-0.15, -0.1) is 4.68 Å². The first-order valence-corrected chi connectivity index (χ1v) is 11.7. The fourth-order valence-corrected chi connectivity index (χ4v) is 5.96. The topological polar surface area (TPSA) is 23.2 Å². The van der Waals surface area contributed by atoms with E-state index in [1.54, 1.807) is 0 Å². The second-order valence-corrected chi connectivity index (χ2v) is 9.08. The zero-order valence-electron chi connectivity index (χ0n) is 19.1. The van der Waals surface area contributed by atoms with E-state index in [1.165, 1.54) is 29.9 Å². The second-order valence-electron chi connectivity index (χ2n) is 9.08. The number of allylic oxidation sites excluding steroid dienone is 1. The SMILES string of the molecule is C=CC1(CC)[n+]2ncccc2N2CCN(c3cccc(CCCC)c3)B2C1(C)CC. The zero-order valence-corrected chi connectivity index (χ0v) is 19.1. The van der Waals surface area contributed by atoms with Crippen molar-refractivity contribution in [3.63, 3.8) is 0 Å². The summed E-state index contributed by atoms with van der Waals surface area (Å²) < 4.78 is 2.25. The fourth-order valence-electron chi connectivity index (χ4n) is 5.96. The minimum absolute atomic E-state index is 0.0224. The molecule has 158 valence electrons. The Morgan fingerprint density at radius 1 is 1.13 bits per heavy atom. The van der Waals surface area contributed by atoms with E-state index in [4.69, 9.17) is 5.10 Å². The number of unbranched alkanes of at least 4 members (excludes halogenated alkanes) is 1. The van der Waals surface area contributed by atoms with Gasteiger partial charge in [0.05, 0.1) is 18.1 Å². The minimum Gasteiger partial charge on any atom is -0.370 e. The molecule has 2 atom stereocenters. The quantitative estimate of drug-likeness (QED) is 0.369. The lowest BCUT2D eigenvalue weighted by Crippen LogP contribution is -2.76. The molecule has 3 heterocycles. The van der Waals surface area contributed by atoms with E-state index < -0.39 is 0 Å². The van der Waals surface area contributed by atoms with Crippen LogP contribution in [0.2, 0.25) is 5.31 Å². The molecule has 0 radical (unpaired) electrons. The van der Waals surface area contributed by atoms with Crippen molar-refractivity contribution in [2.45, 2.75) is 70.7 Å². The van der Waals surface area contributed by atoms with Gasteiger partial charge in [-0.05, 0) is 55.5 Å². The van der Waals surface area contributed by atoms with E-state index in [0.717, 1.165) is 32.4 Å². The van der Waals surface area contributed by atoms with Gasteiger partial charge in [-0.3, -0.25) is 0 Å². The highest BCUT2D eigenvalue weighted by molar-refractivity contribution is 6.71. The molecule has 0 amide bonds. The molecule has 1 saturated heterocycles. The van der Waals surface area contributed by atoms with Crippen molar-refractivity contribution in [3.05, 3.63) is 60.8 Å². The van der Waals surface area contributed by atoms with Gasteiger partial charge in [-0.2, -0.15) is 0 Å². The van der Waals surface area contributed by atoms with E-state index >= 15 is 0 Å². The molecule has 2 aliphatic heterocycles. The highest BCUT2D eigenvalue weighted by Crippen LogP contribution is 2.55. The molecule has 2 aromatic rings. The standard InChI is InChI=1S/C25H36BN4/c1-6-10-13-21-14-11-15-22(20-21)28-18-19-29-23-16-12-17-27-30(23)25(8-3,9-4)24(5,7-2)26(28)29/h8,11-12,14-17,20H,3,6-7,9-10,13,18-19H2,1-2,4-5H3/q+1. The molecule has 2 aliphatic rings. The van der Waals surface area contributed by atoms with Crippen LogP contribution in [0.5, 0.6) is 0 Å². The zero-order chi connectivity index (χ0) is 21.4. The van der Waals surface area contributed by atoms with Crippen molar-refractivity contribution in [3.8, 4) is 0 Å². The van der Waals surface area contributed by atoms with Gasteiger partial charge < -0.3 is 9.62 Å². The van der Waals surface area contributed by atoms with Crippen molar-refractivity contribution in [1.82, 2.24) is 5.10 Å².